The number of guanidine groups is 1. The molecule has 5 nitrogen and oxygen atoms in total. The Hall–Kier alpha value is -2.25. The Morgan fingerprint density at radius 1 is 1.14 bits per heavy atom. The molecule has 1 aromatic rings. The Labute approximate surface area is 164 Å². The van der Waals surface area contributed by atoms with Crippen molar-refractivity contribution in [3.63, 3.8) is 0 Å². The first kappa shape index (κ1) is 22.0. The van der Waals surface area contributed by atoms with Gasteiger partial charge in [-0.25, -0.2) is 0 Å². The van der Waals surface area contributed by atoms with Gasteiger partial charge in [-0.2, -0.15) is 13.2 Å². The second-order valence-corrected chi connectivity index (χ2v) is 7.64. The van der Waals surface area contributed by atoms with Crippen LogP contribution in [0, 0.1) is 5.41 Å². The van der Waals surface area contributed by atoms with Gasteiger partial charge in [0.1, 0.15) is 0 Å². The predicted octanol–water partition coefficient (Wildman–Crippen LogP) is 3.36. The van der Waals surface area contributed by atoms with E-state index in [0.717, 1.165) is 43.4 Å². The third-order valence-electron chi connectivity index (χ3n) is 5.28. The Morgan fingerprint density at radius 3 is 2.18 bits per heavy atom. The molecular formula is C20H29F3N4O. The fraction of sp³-hybridized carbons (Fsp3) is 0.600. The number of nitrogens with zero attached hydrogens (tertiary/aromatic N) is 3. The van der Waals surface area contributed by atoms with E-state index in [9.17, 15) is 18.0 Å². The highest BCUT2D eigenvalue weighted by atomic mass is 19.4. The molecule has 1 aliphatic rings. The van der Waals surface area contributed by atoms with Crippen molar-refractivity contribution in [2.24, 2.45) is 10.4 Å². The van der Waals surface area contributed by atoms with Crippen LogP contribution in [0.5, 0.6) is 0 Å². The van der Waals surface area contributed by atoms with Crippen LogP contribution in [0.25, 0.3) is 0 Å². The normalized spacial score (nSPS) is 16.8. The summed E-state index contributed by atoms with van der Waals surface area (Å²) in [5.74, 6) is 0.732. The lowest BCUT2D eigenvalue weighted by molar-refractivity contribution is -0.139. The molecule has 0 heterocycles. The van der Waals surface area contributed by atoms with E-state index in [1.807, 2.05) is 11.9 Å². The minimum absolute atomic E-state index is 0.123. The quantitative estimate of drug-likeness (QED) is 0.611. The van der Waals surface area contributed by atoms with Gasteiger partial charge in [0.25, 0.3) is 0 Å². The highest BCUT2D eigenvalue weighted by molar-refractivity contribution is 5.85. The zero-order valence-electron chi connectivity index (χ0n) is 16.9. The molecule has 1 amide bonds. The molecule has 2 rings (SSSR count). The highest BCUT2D eigenvalue weighted by Gasteiger charge is 2.42. The van der Waals surface area contributed by atoms with Crippen LogP contribution >= 0.6 is 0 Å². The van der Waals surface area contributed by atoms with Crippen LogP contribution in [0.4, 0.5) is 13.2 Å². The molecule has 0 aliphatic heterocycles. The Kier molecular flexibility index (Phi) is 6.96. The lowest BCUT2D eigenvalue weighted by atomic mass is 9.84. The third kappa shape index (κ3) is 5.17. The van der Waals surface area contributed by atoms with Crippen molar-refractivity contribution < 1.29 is 18.0 Å². The molecule has 0 radical (unpaired) electrons. The van der Waals surface area contributed by atoms with Gasteiger partial charge in [0.05, 0.1) is 11.0 Å². The second-order valence-electron chi connectivity index (χ2n) is 7.64. The van der Waals surface area contributed by atoms with Crippen LogP contribution in [-0.4, -0.2) is 56.4 Å². The molecule has 1 N–H and O–H groups in total. The minimum atomic E-state index is -4.34. The van der Waals surface area contributed by atoms with Gasteiger partial charge in [-0.15, -0.1) is 0 Å². The minimum Gasteiger partial charge on any atom is -0.355 e. The maximum absolute atomic E-state index is 12.7. The monoisotopic (exact) mass is 398 g/mol. The van der Waals surface area contributed by atoms with Crippen LogP contribution in [0.1, 0.15) is 36.8 Å². The summed E-state index contributed by atoms with van der Waals surface area (Å²) in [5, 5.41) is 3.29. The average Bonchev–Trinajstić information content (AvgIpc) is 3.11. The molecule has 156 valence electrons. The van der Waals surface area contributed by atoms with Gasteiger partial charge in [-0.05, 0) is 30.5 Å². The molecule has 28 heavy (non-hydrogen) atoms. The van der Waals surface area contributed by atoms with Crippen LogP contribution in [0.2, 0.25) is 0 Å². The Morgan fingerprint density at radius 2 is 1.71 bits per heavy atom. The smallest absolute Gasteiger partial charge is 0.355 e. The SMILES string of the molecule is CN=C(NCC1(C(=O)N(C)C)CCCC1)N(C)Cc1ccc(C(F)(F)F)cc1. The molecule has 0 unspecified atom stereocenters. The lowest BCUT2D eigenvalue weighted by Gasteiger charge is -2.32. The van der Waals surface area contributed by atoms with Crippen LogP contribution in [0.3, 0.4) is 0 Å². The van der Waals surface area contributed by atoms with Gasteiger partial charge in [0, 0.05) is 41.3 Å². The number of aliphatic imine (C=N–C) groups is 1. The van der Waals surface area contributed by atoms with Crippen molar-refractivity contribution in [3.8, 4) is 0 Å². The van der Waals surface area contributed by atoms with Crippen molar-refractivity contribution in [3.05, 3.63) is 35.4 Å². The predicted molar refractivity (Wildman–Crippen MR) is 104 cm³/mol. The number of amides is 1. The molecule has 1 saturated carbocycles. The Bertz CT molecular complexity index is 692. The summed E-state index contributed by atoms with van der Waals surface area (Å²) in [6.07, 6.45) is -0.591. The fourth-order valence-electron chi connectivity index (χ4n) is 3.77. The van der Waals surface area contributed by atoms with Crippen LogP contribution in [-0.2, 0) is 17.5 Å². The molecule has 1 aromatic carbocycles. The number of carbonyl (C=O) groups excluding carboxylic acids is 1. The van der Waals surface area contributed by atoms with E-state index in [1.54, 1.807) is 26.0 Å². The molecule has 8 heteroatoms. The fourth-order valence-corrected chi connectivity index (χ4v) is 3.77. The second kappa shape index (κ2) is 8.84. The van der Waals surface area contributed by atoms with Gasteiger partial charge in [-0.3, -0.25) is 9.79 Å². The lowest BCUT2D eigenvalue weighted by Crippen LogP contribution is -2.49. The molecule has 1 aliphatic carbocycles. The molecular weight excluding hydrogens is 369 g/mol. The van der Waals surface area contributed by atoms with Gasteiger partial charge in [0.15, 0.2) is 5.96 Å². The molecule has 0 bridgehead atoms. The summed E-state index contributed by atoms with van der Waals surface area (Å²) >= 11 is 0. The van der Waals surface area contributed by atoms with Crippen LogP contribution in [0.15, 0.2) is 29.3 Å². The summed E-state index contributed by atoms with van der Waals surface area (Å²) in [4.78, 5) is 20.4. The van der Waals surface area contributed by atoms with E-state index in [-0.39, 0.29) is 5.91 Å². The van der Waals surface area contributed by atoms with Gasteiger partial charge < -0.3 is 15.1 Å². The first-order valence-electron chi connectivity index (χ1n) is 9.39. The molecule has 0 atom stereocenters. The van der Waals surface area contributed by atoms with E-state index in [0.29, 0.717) is 19.0 Å². The zero-order valence-corrected chi connectivity index (χ0v) is 16.9. The maximum Gasteiger partial charge on any atom is 0.416 e. The average molecular weight is 398 g/mol. The number of nitrogens with one attached hydrogen (secondary N) is 1. The van der Waals surface area contributed by atoms with Crippen molar-refractivity contribution in [1.29, 1.82) is 0 Å². The van der Waals surface area contributed by atoms with Gasteiger partial charge >= 0.3 is 6.18 Å². The van der Waals surface area contributed by atoms with E-state index in [1.165, 1.54) is 12.1 Å². The summed E-state index contributed by atoms with van der Waals surface area (Å²) in [6.45, 7) is 0.903. The Balaban J connectivity index is 2.01. The number of alkyl halides is 3. The van der Waals surface area contributed by atoms with Crippen molar-refractivity contribution >= 4 is 11.9 Å². The largest absolute Gasteiger partial charge is 0.416 e. The van der Waals surface area contributed by atoms with Gasteiger partial charge in [0.2, 0.25) is 5.91 Å². The maximum atomic E-state index is 12.7. The number of hydrogen-bond donors (Lipinski definition) is 1. The van der Waals surface area contributed by atoms with E-state index < -0.39 is 17.2 Å². The van der Waals surface area contributed by atoms with Crippen LogP contribution < -0.4 is 5.32 Å². The van der Waals surface area contributed by atoms with E-state index in [4.69, 9.17) is 0 Å². The molecule has 1 fully saturated rings. The number of rotatable bonds is 5. The third-order valence-corrected chi connectivity index (χ3v) is 5.28. The van der Waals surface area contributed by atoms with Gasteiger partial charge in [-0.1, -0.05) is 25.0 Å². The summed E-state index contributed by atoms with van der Waals surface area (Å²) in [5.41, 5.74) is -0.334. The summed E-state index contributed by atoms with van der Waals surface area (Å²) in [6, 6.07) is 5.12. The number of halogens is 3. The topological polar surface area (TPSA) is 47.9 Å². The molecule has 0 spiro atoms. The number of hydrogen-bond acceptors (Lipinski definition) is 2. The van der Waals surface area contributed by atoms with Crippen molar-refractivity contribution in [1.82, 2.24) is 15.1 Å². The van der Waals surface area contributed by atoms with Crippen molar-refractivity contribution in [2.75, 3.05) is 34.7 Å². The number of benzene rings is 1. The summed E-state index contributed by atoms with van der Waals surface area (Å²) in [7, 11) is 7.02. The molecule has 0 saturated heterocycles. The first-order chi connectivity index (χ1) is 13.1. The molecule has 0 aromatic heterocycles. The standard InChI is InChI=1S/C20H29F3N4O/c1-24-18(25-14-19(11-5-6-12-19)17(28)26(2)3)27(4)13-15-7-9-16(10-8-15)20(21,22)23/h7-10H,5-6,11-14H2,1-4H3,(H,24,25). The van der Waals surface area contributed by atoms with Crippen molar-refractivity contribution in [2.45, 2.75) is 38.4 Å². The zero-order chi connectivity index (χ0) is 20.9. The number of carbonyl (C=O) groups is 1. The summed E-state index contributed by atoms with van der Waals surface area (Å²) < 4.78 is 38.1. The first-order valence-corrected chi connectivity index (χ1v) is 9.39. The highest BCUT2D eigenvalue weighted by Crippen LogP contribution is 2.39. The van der Waals surface area contributed by atoms with E-state index in [2.05, 4.69) is 10.3 Å². The van der Waals surface area contributed by atoms with E-state index >= 15 is 0 Å².